The van der Waals surface area contributed by atoms with Crippen LogP contribution in [0.2, 0.25) is 0 Å². The molecule has 0 radical (unpaired) electrons. The van der Waals surface area contributed by atoms with Crippen LogP contribution < -0.4 is 20.7 Å². The van der Waals surface area contributed by atoms with Gasteiger partial charge in [0.05, 0.1) is 5.56 Å². The molecule has 3 aromatic rings. The largest absolute Gasteiger partial charge is 0.474 e. The topological polar surface area (TPSA) is 88.2 Å². The zero-order valence-corrected chi connectivity index (χ0v) is 17.7. The van der Waals surface area contributed by atoms with Crippen molar-refractivity contribution < 1.29 is 9.53 Å². The molecule has 0 saturated heterocycles. The number of nitrogens with zero attached hydrogens (tertiary/aromatic N) is 2. The smallest absolute Gasteiger partial charge is 0.254 e. The van der Waals surface area contributed by atoms with Gasteiger partial charge >= 0.3 is 0 Å². The van der Waals surface area contributed by atoms with Gasteiger partial charge in [0.2, 0.25) is 5.88 Å². The minimum Gasteiger partial charge on any atom is -0.474 e. The molecule has 7 nitrogen and oxygen atoms in total. The van der Waals surface area contributed by atoms with Crippen LogP contribution in [0.1, 0.15) is 39.9 Å². The molecule has 3 N–H and O–H groups in total. The lowest BCUT2D eigenvalue weighted by Gasteiger charge is -2.14. The molecule has 0 spiro atoms. The van der Waals surface area contributed by atoms with Crippen molar-refractivity contribution >= 4 is 17.4 Å². The first-order valence-electron chi connectivity index (χ1n) is 10.6. The van der Waals surface area contributed by atoms with Gasteiger partial charge in [0.1, 0.15) is 11.9 Å². The normalized spacial score (nSPS) is 14.7. The number of benzene rings is 1. The van der Waals surface area contributed by atoms with E-state index in [4.69, 9.17) is 4.74 Å². The number of anilines is 2. The molecule has 1 aliphatic heterocycles. The first kappa shape index (κ1) is 19.4. The monoisotopic (exact) mass is 415 g/mol. The van der Waals surface area contributed by atoms with Gasteiger partial charge in [0, 0.05) is 49.8 Å². The van der Waals surface area contributed by atoms with Crippen molar-refractivity contribution in [3.05, 3.63) is 65.0 Å². The van der Waals surface area contributed by atoms with Crippen LogP contribution in [-0.4, -0.2) is 29.0 Å². The van der Waals surface area contributed by atoms with Crippen LogP contribution in [0, 0.1) is 6.92 Å². The van der Waals surface area contributed by atoms with Crippen molar-refractivity contribution in [3.63, 3.8) is 0 Å². The van der Waals surface area contributed by atoms with Crippen molar-refractivity contribution in [3.8, 4) is 17.0 Å². The van der Waals surface area contributed by atoms with E-state index in [0.29, 0.717) is 25.1 Å². The molecule has 1 aliphatic carbocycles. The van der Waals surface area contributed by atoms with E-state index in [-0.39, 0.29) is 5.91 Å². The summed E-state index contributed by atoms with van der Waals surface area (Å²) >= 11 is 0. The van der Waals surface area contributed by atoms with Crippen LogP contribution in [0.15, 0.2) is 42.7 Å². The molecule has 1 amide bonds. The van der Waals surface area contributed by atoms with Crippen molar-refractivity contribution in [2.24, 2.45) is 0 Å². The lowest BCUT2D eigenvalue weighted by atomic mass is 9.94. The van der Waals surface area contributed by atoms with Gasteiger partial charge in [0.15, 0.2) is 0 Å². The summed E-state index contributed by atoms with van der Waals surface area (Å²) in [5.41, 5.74) is 6.83. The summed E-state index contributed by atoms with van der Waals surface area (Å²) in [5, 5.41) is 9.40. The maximum atomic E-state index is 12.3. The molecule has 1 saturated carbocycles. The number of pyridine rings is 2. The highest BCUT2D eigenvalue weighted by Gasteiger charge is 2.26. The van der Waals surface area contributed by atoms with Crippen LogP contribution in [-0.2, 0) is 13.1 Å². The van der Waals surface area contributed by atoms with Crippen LogP contribution in [0.25, 0.3) is 11.1 Å². The first-order chi connectivity index (χ1) is 15.1. The number of amides is 1. The molecule has 0 bridgehead atoms. The molecule has 5 rings (SSSR count). The van der Waals surface area contributed by atoms with Crippen LogP contribution in [0.4, 0.5) is 11.5 Å². The van der Waals surface area contributed by atoms with E-state index < -0.39 is 0 Å². The molecule has 31 heavy (non-hydrogen) atoms. The highest BCUT2D eigenvalue weighted by Crippen LogP contribution is 2.35. The molecule has 7 heteroatoms. The SMILES string of the molecule is CNc1ccc(-c2cnc(NCc3ccc(OC4CC4)nc3)cc2C)c2c1C(=O)NC2. The summed E-state index contributed by atoms with van der Waals surface area (Å²) in [4.78, 5) is 21.3. The van der Waals surface area contributed by atoms with E-state index in [0.717, 1.165) is 57.7 Å². The summed E-state index contributed by atoms with van der Waals surface area (Å²) in [6, 6.07) is 9.99. The maximum Gasteiger partial charge on any atom is 0.254 e. The number of hydrogen-bond donors (Lipinski definition) is 3. The average molecular weight is 415 g/mol. The summed E-state index contributed by atoms with van der Waals surface area (Å²) < 4.78 is 5.69. The Kier molecular flexibility index (Phi) is 4.94. The summed E-state index contributed by atoms with van der Waals surface area (Å²) in [6.45, 7) is 3.23. The van der Waals surface area contributed by atoms with Crippen molar-refractivity contribution in [2.75, 3.05) is 17.7 Å². The Hall–Kier alpha value is -3.61. The highest BCUT2D eigenvalue weighted by molar-refractivity contribution is 6.05. The van der Waals surface area contributed by atoms with E-state index in [9.17, 15) is 4.79 Å². The van der Waals surface area contributed by atoms with E-state index in [1.807, 2.05) is 43.7 Å². The van der Waals surface area contributed by atoms with Gasteiger partial charge in [-0.1, -0.05) is 12.1 Å². The van der Waals surface area contributed by atoms with E-state index in [1.165, 1.54) is 0 Å². The highest BCUT2D eigenvalue weighted by atomic mass is 16.5. The number of aromatic nitrogens is 2. The molecule has 158 valence electrons. The van der Waals surface area contributed by atoms with Gasteiger partial charge in [-0.05, 0) is 54.2 Å². The number of hydrogen-bond acceptors (Lipinski definition) is 6. The third-order valence-corrected chi connectivity index (χ3v) is 5.72. The Balaban J connectivity index is 1.32. The molecule has 0 unspecified atom stereocenters. The molecule has 1 fully saturated rings. The van der Waals surface area contributed by atoms with Crippen LogP contribution in [0.3, 0.4) is 0 Å². The Morgan fingerprint density at radius 2 is 2.00 bits per heavy atom. The third kappa shape index (κ3) is 3.91. The quantitative estimate of drug-likeness (QED) is 0.543. The van der Waals surface area contributed by atoms with Crippen molar-refractivity contribution in [2.45, 2.75) is 39.0 Å². The number of aryl methyl sites for hydroxylation is 1. The lowest BCUT2D eigenvalue weighted by molar-refractivity contribution is 0.0966. The summed E-state index contributed by atoms with van der Waals surface area (Å²) in [7, 11) is 1.83. The van der Waals surface area contributed by atoms with Crippen molar-refractivity contribution in [1.82, 2.24) is 15.3 Å². The van der Waals surface area contributed by atoms with E-state index in [2.05, 4.69) is 38.9 Å². The predicted molar refractivity (Wildman–Crippen MR) is 120 cm³/mol. The molecular formula is C24H25N5O2. The molecule has 0 atom stereocenters. The standard InChI is InChI=1S/C24H25N5O2/c1-14-9-21(26-10-15-3-8-22(28-11-15)31-16-4-5-16)27-12-18(14)17-6-7-20(25-2)23-19(17)13-29-24(23)30/h3,6-9,11-12,16,25H,4-5,10,13H2,1-2H3,(H,26,27)(H,29,30). The van der Waals surface area contributed by atoms with Gasteiger partial charge in [0.25, 0.3) is 5.91 Å². The fraction of sp³-hybridized carbons (Fsp3) is 0.292. The minimum atomic E-state index is -0.0349. The van der Waals surface area contributed by atoms with Gasteiger partial charge in [-0.3, -0.25) is 4.79 Å². The number of ether oxygens (including phenoxy) is 1. The zero-order valence-electron chi connectivity index (χ0n) is 17.7. The number of nitrogens with one attached hydrogen (secondary N) is 3. The summed E-state index contributed by atoms with van der Waals surface area (Å²) in [6.07, 6.45) is 6.32. The second-order valence-corrected chi connectivity index (χ2v) is 8.01. The van der Waals surface area contributed by atoms with Crippen LogP contribution in [0.5, 0.6) is 5.88 Å². The molecule has 3 heterocycles. The van der Waals surface area contributed by atoms with Gasteiger partial charge in [-0.25, -0.2) is 9.97 Å². The predicted octanol–water partition coefficient (Wildman–Crippen LogP) is 3.89. The fourth-order valence-electron chi connectivity index (χ4n) is 3.88. The number of carbonyl (C=O) groups is 1. The molecular weight excluding hydrogens is 390 g/mol. The van der Waals surface area contributed by atoms with Crippen LogP contribution >= 0.6 is 0 Å². The average Bonchev–Trinajstić information content (AvgIpc) is 3.52. The van der Waals surface area contributed by atoms with Crippen molar-refractivity contribution in [1.29, 1.82) is 0 Å². The minimum absolute atomic E-state index is 0.0349. The van der Waals surface area contributed by atoms with E-state index >= 15 is 0 Å². The summed E-state index contributed by atoms with van der Waals surface area (Å²) in [5.74, 6) is 1.46. The third-order valence-electron chi connectivity index (χ3n) is 5.72. The first-order valence-corrected chi connectivity index (χ1v) is 10.6. The lowest BCUT2D eigenvalue weighted by Crippen LogP contribution is -2.13. The Bertz CT molecular complexity index is 1140. The number of fused-ring (bicyclic) bond motifs is 1. The fourth-order valence-corrected chi connectivity index (χ4v) is 3.88. The Morgan fingerprint density at radius 1 is 1.13 bits per heavy atom. The number of rotatable bonds is 7. The number of carbonyl (C=O) groups excluding carboxylic acids is 1. The zero-order chi connectivity index (χ0) is 21.4. The second kappa shape index (κ2) is 7.91. The molecule has 2 aromatic heterocycles. The Labute approximate surface area is 181 Å². The maximum absolute atomic E-state index is 12.3. The van der Waals surface area contributed by atoms with Gasteiger partial charge in [-0.15, -0.1) is 0 Å². The van der Waals surface area contributed by atoms with Gasteiger partial charge < -0.3 is 20.7 Å². The Morgan fingerprint density at radius 3 is 2.71 bits per heavy atom. The molecule has 1 aromatic carbocycles. The second-order valence-electron chi connectivity index (χ2n) is 8.01. The van der Waals surface area contributed by atoms with E-state index in [1.54, 1.807) is 0 Å². The van der Waals surface area contributed by atoms with Gasteiger partial charge in [-0.2, -0.15) is 0 Å². The molecule has 2 aliphatic rings.